The molecule has 1 unspecified atom stereocenters. The second-order valence-corrected chi connectivity index (χ2v) is 11.7. The van der Waals surface area contributed by atoms with Gasteiger partial charge in [0.25, 0.3) is 0 Å². The minimum Gasteiger partial charge on any atom is -0.463 e. The van der Waals surface area contributed by atoms with Gasteiger partial charge in [-0.25, -0.2) is 0 Å². The van der Waals surface area contributed by atoms with E-state index in [2.05, 4.69) is 73.8 Å². The number of aromatic nitrogens is 4. The molecular weight excluding hydrogens is 528 g/mol. The first-order valence-electron chi connectivity index (χ1n) is 15.8. The number of carbonyl (C=O) groups is 1. The summed E-state index contributed by atoms with van der Waals surface area (Å²) in [6.07, 6.45) is 15.0. The lowest BCUT2D eigenvalue weighted by atomic mass is 9.87. The van der Waals surface area contributed by atoms with Crippen molar-refractivity contribution in [3.05, 3.63) is 47.7 Å². The number of aliphatic hydroxyl groups excluding tert-OH is 1. The highest BCUT2D eigenvalue weighted by Gasteiger charge is 2.20. The summed E-state index contributed by atoms with van der Waals surface area (Å²) in [4.78, 5) is 23.1. The number of nitrogens with one attached hydrogen (secondary N) is 1. The van der Waals surface area contributed by atoms with Gasteiger partial charge in [0.1, 0.15) is 0 Å². The second kappa shape index (κ2) is 17.2. The Bertz CT molecular complexity index is 1220. The number of ketones is 1. The molecule has 2 N–H and O–H groups in total. The predicted molar refractivity (Wildman–Crippen MR) is 170 cm³/mol. The van der Waals surface area contributed by atoms with E-state index in [1.54, 1.807) is 4.52 Å². The van der Waals surface area contributed by atoms with Crippen LogP contribution in [0.4, 0.5) is 5.95 Å². The molecule has 3 rings (SSSR count). The van der Waals surface area contributed by atoms with Crippen LogP contribution in [0.5, 0.6) is 6.01 Å². The molecule has 0 radical (unpaired) electrons. The zero-order valence-electron chi connectivity index (χ0n) is 26.4. The zero-order valence-corrected chi connectivity index (χ0v) is 26.4. The van der Waals surface area contributed by atoms with E-state index in [4.69, 9.17) is 9.72 Å². The molecule has 0 aliphatic heterocycles. The summed E-state index contributed by atoms with van der Waals surface area (Å²) in [7, 11) is 2.10. The van der Waals surface area contributed by atoms with E-state index in [0.717, 1.165) is 69.2 Å². The monoisotopic (exact) mass is 580 g/mol. The molecule has 2 aromatic heterocycles. The fraction of sp³-hybridized carbons (Fsp3) is 0.636. The van der Waals surface area contributed by atoms with Crippen LogP contribution in [0.25, 0.3) is 5.65 Å². The molecule has 0 spiro atoms. The van der Waals surface area contributed by atoms with Crippen LogP contribution < -0.4 is 10.1 Å². The van der Waals surface area contributed by atoms with Crippen LogP contribution in [0.2, 0.25) is 0 Å². The van der Waals surface area contributed by atoms with Crippen LogP contribution >= 0.6 is 0 Å². The molecule has 0 fully saturated rings. The number of unbranched alkanes of at least 4 members (excludes halogenated alkanes) is 1. The van der Waals surface area contributed by atoms with Crippen molar-refractivity contribution in [2.45, 2.75) is 97.5 Å². The summed E-state index contributed by atoms with van der Waals surface area (Å²) < 4.78 is 7.76. The maximum absolute atomic E-state index is 11.5. The van der Waals surface area contributed by atoms with Crippen molar-refractivity contribution in [3.8, 4) is 6.01 Å². The zero-order chi connectivity index (χ0) is 30.5. The van der Waals surface area contributed by atoms with E-state index in [0.29, 0.717) is 38.0 Å². The Kier molecular flexibility index (Phi) is 13.7. The number of allylic oxidation sites excluding steroid dienone is 3. The Hall–Kier alpha value is -3.04. The fourth-order valence-corrected chi connectivity index (χ4v) is 5.31. The lowest BCUT2D eigenvalue weighted by molar-refractivity contribution is -0.114. The van der Waals surface area contributed by atoms with Crippen molar-refractivity contribution < 1.29 is 14.6 Å². The predicted octanol–water partition coefficient (Wildman–Crippen LogP) is 6.12. The first-order valence-corrected chi connectivity index (χ1v) is 15.8. The molecular formula is C33H52N6O3. The molecule has 2 heterocycles. The van der Waals surface area contributed by atoms with Crippen molar-refractivity contribution in [1.29, 1.82) is 0 Å². The number of hydrogen-bond donors (Lipinski definition) is 2. The highest BCUT2D eigenvalue weighted by atomic mass is 16.5. The Morgan fingerprint density at radius 3 is 2.79 bits per heavy atom. The second-order valence-electron chi connectivity index (χ2n) is 11.7. The lowest BCUT2D eigenvalue weighted by Crippen LogP contribution is -2.21. The summed E-state index contributed by atoms with van der Waals surface area (Å²) >= 11 is 0. The largest absolute Gasteiger partial charge is 0.463 e. The third-order valence-corrected chi connectivity index (χ3v) is 8.18. The van der Waals surface area contributed by atoms with Gasteiger partial charge < -0.3 is 20.1 Å². The van der Waals surface area contributed by atoms with Gasteiger partial charge in [0.2, 0.25) is 5.95 Å². The summed E-state index contributed by atoms with van der Waals surface area (Å²) in [6.45, 7) is 15.2. The van der Waals surface area contributed by atoms with Crippen LogP contribution in [0, 0.1) is 5.92 Å². The third kappa shape index (κ3) is 10.1. The standard InChI is InChI=1S/C33H52N6O3/c1-7-27(16-10-11-17-28(40)8-2)30(41)21-25-14-12-15-26(20-25)22-34-32-37-33(42-19-13-18-38(6)9-3)36-31-29(24(4)5)23-35-39(31)32/h8,14,20,23-24,27,30,41H,2,7,9-13,15-19,21-22H2,1,3-6H3,(H,34,36,37)/t27-,30?/m0/s1. The number of ether oxygens (including phenoxy) is 1. The maximum Gasteiger partial charge on any atom is 0.321 e. The normalized spacial score (nSPS) is 15.0. The summed E-state index contributed by atoms with van der Waals surface area (Å²) in [5, 5.41) is 19.1. The van der Waals surface area contributed by atoms with Crippen LogP contribution in [-0.4, -0.2) is 74.8 Å². The molecule has 2 aromatic rings. The number of aliphatic hydroxyl groups is 1. The molecule has 1 aliphatic rings. The number of fused-ring (bicyclic) bond motifs is 1. The topological polar surface area (TPSA) is 105 Å². The highest BCUT2D eigenvalue weighted by molar-refractivity contribution is 5.88. The SMILES string of the molecule is C=CC(=O)CCCC[C@H](CC)C(O)CC1=CCCC(CNc2nc(OCCCN(C)CC)nc3c(C(C)C)cnn23)=C1. The molecule has 0 saturated heterocycles. The van der Waals surface area contributed by atoms with Gasteiger partial charge in [-0.15, -0.1) is 0 Å². The smallest absolute Gasteiger partial charge is 0.321 e. The molecule has 42 heavy (non-hydrogen) atoms. The van der Waals surface area contributed by atoms with E-state index in [1.807, 2.05) is 6.20 Å². The van der Waals surface area contributed by atoms with Crippen LogP contribution in [0.15, 0.2) is 42.2 Å². The summed E-state index contributed by atoms with van der Waals surface area (Å²) in [6, 6.07) is 0.368. The number of rotatable bonds is 20. The van der Waals surface area contributed by atoms with E-state index in [1.165, 1.54) is 17.2 Å². The van der Waals surface area contributed by atoms with Gasteiger partial charge in [0.05, 0.1) is 18.9 Å². The molecule has 2 atom stereocenters. The van der Waals surface area contributed by atoms with Gasteiger partial charge in [0, 0.05) is 25.1 Å². The number of nitrogens with zero attached hydrogens (tertiary/aromatic N) is 5. The molecule has 0 bridgehead atoms. The van der Waals surface area contributed by atoms with Gasteiger partial charge in [-0.05, 0) is 75.6 Å². The van der Waals surface area contributed by atoms with E-state index < -0.39 is 6.10 Å². The van der Waals surface area contributed by atoms with Crippen molar-refractivity contribution in [1.82, 2.24) is 24.5 Å². The first kappa shape index (κ1) is 33.5. The lowest BCUT2D eigenvalue weighted by Gasteiger charge is -2.23. The number of anilines is 1. The van der Waals surface area contributed by atoms with Gasteiger partial charge in [-0.2, -0.15) is 19.6 Å². The van der Waals surface area contributed by atoms with Crippen molar-refractivity contribution in [2.75, 3.05) is 38.6 Å². The molecule has 0 amide bonds. The molecule has 0 saturated carbocycles. The third-order valence-electron chi connectivity index (χ3n) is 8.18. The van der Waals surface area contributed by atoms with Gasteiger partial charge in [-0.1, -0.05) is 64.8 Å². The minimum atomic E-state index is -0.392. The number of carbonyl (C=O) groups excluding carboxylic acids is 1. The maximum atomic E-state index is 11.5. The fourth-order valence-electron chi connectivity index (χ4n) is 5.31. The van der Waals surface area contributed by atoms with Gasteiger partial charge in [-0.3, -0.25) is 4.79 Å². The Morgan fingerprint density at radius 1 is 1.26 bits per heavy atom. The minimum absolute atomic E-state index is 0.0945. The molecule has 1 aliphatic carbocycles. The molecule has 9 heteroatoms. The summed E-state index contributed by atoms with van der Waals surface area (Å²) in [5.74, 6) is 1.22. The summed E-state index contributed by atoms with van der Waals surface area (Å²) in [5.41, 5.74) is 4.28. The van der Waals surface area contributed by atoms with Gasteiger partial charge >= 0.3 is 6.01 Å². The quantitative estimate of drug-likeness (QED) is 0.143. The van der Waals surface area contributed by atoms with E-state index >= 15 is 0 Å². The molecule has 9 nitrogen and oxygen atoms in total. The average molecular weight is 581 g/mol. The van der Waals surface area contributed by atoms with Crippen molar-refractivity contribution in [3.63, 3.8) is 0 Å². The highest BCUT2D eigenvalue weighted by Crippen LogP contribution is 2.27. The Labute approximate surface area is 252 Å². The Morgan fingerprint density at radius 2 is 2.07 bits per heavy atom. The van der Waals surface area contributed by atoms with E-state index in [-0.39, 0.29) is 17.6 Å². The van der Waals surface area contributed by atoms with Crippen molar-refractivity contribution in [2.24, 2.45) is 5.92 Å². The number of hydrogen-bond acceptors (Lipinski definition) is 8. The first-order chi connectivity index (χ1) is 20.2. The molecule has 232 valence electrons. The van der Waals surface area contributed by atoms with Crippen LogP contribution in [0.3, 0.4) is 0 Å². The molecule has 0 aromatic carbocycles. The van der Waals surface area contributed by atoms with Crippen LogP contribution in [-0.2, 0) is 4.79 Å². The Balaban J connectivity index is 1.63. The van der Waals surface area contributed by atoms with Crippen molar-refractivity contribution >= 4 is 17.4 Å². The average Bonchev–Trinajstić information content (AvgIpc) is 3.42. The van der Waals surface area contributed by atoms with Gasteiger partial charge in [0.15, 0.2) is 11.4 Å². The van der Waals surface area contributed by atoms with Crippen LogP contribution in [0.1, 0.15) is 97.0 Å². The van der Waals surface area contributed by atoms with E-state index in [9.17, 15) is 9.90 Å².